The van der Waals surface area contributed by atoms with Gasteiger partial charge in [0.05, 0.1) is 11.4 Å². The van der Waals surface area contributed by atoms with Gasteiger partial charge in [-0.1, -0.05) is 11.8 Å². The minimum atomic E-state index is -0.422. The maximum atomic E-state index is 12.9. The Morgan fingerprint density at radius 3 is 3.05 bits per heavy atom. The number of rotatable bonds is 6. The minimum Gasteiger partial charge on any atom is -0.397 e. The van der Waals surface area contributed by atoms with E-state index in [0.29, 0.717) is 12.1 Å². The Kier molecular flexibility index (Phi) is 5.31. The number of halogens is 1. The SMILES string of the molecule is Nc1cc(F)ccc1NC(=O)CCCSc1ncns1. The van der Waals surface area contributed by atoms with E-state index in [1.165, 1.54) is 36.1 Å². The molecule has 2 aromatic rings. The van der Waals surface area contributed by atoms with E-state index in [1.54, 1.807) is 11.8 Å². The maximum absolute atomic E-state index is 12.9. The van der Waals surface area contributed by atoms with Crippen LogP contribution < -0.4 is 11.1 Å². The molecule has 1 aromatic heterocycles. The van der Waals surface area contributed by atoms with Gasteiger partial charge in [-0.05, 0) is 36.2 Å². The van der Waals surface area contributed by atoms with Crippen LogP contribution in [0.2, 0.25) is 0 Å². The molecule has 3 N–H and O–H groups in total. The van der Waals surface area contributed by atoms with Crippen LogP contribution >= 0.6 is 23.3 Å². The Bertz CT molecular complexity index is 577. The molecule has 5 nitrogen and oxygen atoms in total. The number of benzene rings is 1. The summed E-state index contributed by atoms with van der Waals surface area (Å²) in [4.78, 5) is 15.8. The lowest BCUT2D eigenvalue weighted by molar-refractivity contribution is -0.116. The van der Waals surface area contributed by atoms with Crippen LogP contribution in [0.25, 0.3) is 0 Å². The Morgan fingerprint density at radius 2 is 2.35 bits per heavy atom. The Hall–Kier alpha value is -1.67. The highest BCUT2D eigenvalue weighted by Crippen LogP contribution is 2.21. The molecule has 2 rings (SSSR count). The summed E-state index contributed by atoms with van der Waals surface area (Å²) in [5.74, 6) is 0.233. The molecule has 0 aliphatic rings. The van der Waals surface area contributed by atoms with E-state index in [2.05, 4.69) is 14.7 Å². The van der Waals surface area contributed by atoms with Gasteiger partial charge in [0.25, 0.3) is 0 Å². The summed E-state index contributed by atoms with van der Waals surface area (Å²) in [7, 11) is 0. The fourth-order valence-corrected chi connectivity index (χ4v) is 2.93. The van der Waals surface area contributed by atoms with Crippen LogP contribution in [0.15, 0.2) is 28.9 Å². The summed E-state index contributed by atoms with van der Waals surface area (Å²) in [5.41, 5.74) is 6.28. The second-order valence-corrected chi connectivity index (χ2v) is 6.06. The standard InChI is InChI=1S/C12H13FN4OS2/c13-8-3-4-10(9(14)6-8)17-11(18)2-1-5-19-12-15-7-16-20-12/h3-4,6-7H,1-2,5,14H2,(H,17,18). The average molecular weight is 312 g/mol. The second kappa shape index (κ2) is 7.20. The first kappa shape index (κ1) is 14.7. The summed E-state index contributed by atoms with van der Waals surface area (Å²) in [6, 6.07) is 3.90. The lowest BCUT2D eigenvalue weighted by atomic mass is 10.2. The highest BCUT2D eigenvalue weighted by molar-refractivity contribution is 8.00. The smallest absolute Gasteiger partial charge is 0.224 e. The molecule has 1 amide bonds. The van der Waals surface area contributed by atoms with Gasteiger partial charge in [0.15, 0.2) is 4.34 Å². The van der Waals surface area contributed by atoms with E-state index in [9.17, 15) is 9.18 Å². The van der Waals surface area contributed by atoms with Crippen LogP contribution in [0.3, 0.4) is 0 Å². The van der Waals surface area contributed by atoms with Crippen molar-refractivity contribution in [2.24, 2.45) is 0 Å². The predicted molar refractivity (Wildman–Crippen MR) is 79.3 cm³/mol. The largest absolute Gasteiger partial charge is 0.397 e. The van der Waals surface area contributed by atoms with Gasteiger partial charge in [-0.2, -0.15) is 4.37 Å². The Balaban J connectivity index is 1.72. The summed E-state index contributed by atoms with van der Waals surface area (Å²) in [6.07, 6.45) is 2.61. The van der Waals surface area contributed by atoms with Gasteiger partial charge < -0.3 is 11.1 Å². The van der Waals surface area contributed by atoms with Crippen LogP contribution in [0.1, 0.15) is 12.8 Å². The minimum absolute atomic E-state index is 0.138. The van der Waals surface area contributed by atoms with Crippen molar-refractivity contribution in [3.05, 3.63) is 30.3 Å². The fraction of sp³-hybridized carbons (Fsp3) is 0.250. The molecule has 1 heterocycles. The van der Waals surface area contributed by atoms with E-state index < -0.39 is 5.82 Å². The van der Waals surface area contributed by atoms with E-state index in [1.807, 2.05) is 0 Å². The molecule has 8 heteroatoms. The van der Waals surface area contributed by atoms with Crippen LogP contribution in [0.5, 0.6) is 0 Å². The number of carbonyl (C=O) groups excluding carboxylic acids is 1. The molecule has 0 fully saturated rings. The lowest BCUT2D eigenvalue weighted by Crippen LogP contribution is -2.12. The molecule has 0 spiro atoms. The Morgan fingerprint density at radius 1 is 1.50 bits per heavy atom. The normalized spacial score (nSPS) is 10.4. The molecule has 0 aliphatic carbocycles. The number of amides is 1. The second-order valence-electron chi connectivity index (χ2n) is 3.94. The van der Waals surface area contributed by atoms with Gasteiger partial charge in [0.1, 0.15) is 12.1 Å². The van der Waals surface area contributed by atoms with Crippen LogP contribution in [-0.4, -0.2) is 21.0 Å². The fourth-order valence-electron chi connectivity index (χ4n) is 1.48. The molecule has 0 saturated carbocycles. The number of thioether (sulfide) groups is 1. The van der Waals surface area contributed by atoms with E-state index in [0.717, 1.165) is 16.5 Å². The van der Waals surface area contributed by atoms with E-state index in [4.69, 9.17) is 5.73 Å². The van der Waals surface area contributed by atoms with Gasteiger partial charge in [0.2, 0.25) is 5.91 Å². The number of nitrogens with two attached hydrogens (primary N) is 1. The number of nitrogen functional groups attached to an aromatic ring is 1. The molecule has 0 atom stereocenters. The molecule has 20 heavy (non-hydrogen) atoms. The zero-order valence-electron chi connectivity index (χ0n) is 10.5. The monoisotopic (exact) mass is 312 g/mol. The highest BCUT2D eigenvalue weighted by Gasteiger charge is 2.06. The lowest BCUT2D eigenvalue weighted by Gasteiger charge is -2.07. The van der Waals surface area contributed by atoms with Crippen molar-refractivity contribution < 1.29 is 9.18 Å². The molecule has 0 unspecified atom stereocenters. The number of hydrogen-bond donors (Lipinski definition) is 2. The van der Waals surface area contributed by atoms with Gasteiger partial charge in [-0.15, -0.1) is 0 Å². The quantitative estimate of drug-likeness (QED) is 0.487. The molecule has 106 valence electrons. The van der Waals surface area contributed by atoms with Gasteiger partial charge in [-0.3, -0.25) is 4.79 Å². The average Bonchev–Trinajstić information content (AvgIpc) is 2.91. The van der Waals surface area contributed by atoms with E-state index in [-0.39, 0.29) is 11.6 Å². The van der Waals surface area contributed by atoms with Crippen LogP contribution in [0.4, 0.5) is 15.8 Å². The van der Waals surface area contributed by atoms with Crippen molar-refractivity contribution in [2.45, 2.75) is 17.2 Å². The summed E-state index contributed by atoms with van der Waals surface area (Å²) in [5, 5.41) is 2.67. The summed E-state index contributed by atoms with van der Waals surface area (Å²) < 4.78 is 17.7. The number of nitrogens with zero attached hydrogens (tertiary/aromatic N) is 2. The topological polar surface area (TPSA) is 80.9 Å². The molecule has 0 bridgehead atoms. The third kappa shape index (κ3) is 4.46. The summed E-state index contributed by atoms with van der Waals surface area (Å²) in [6.45, 7) is 0. The van der Waals surface area contributed by atoms with Crippen LogP contribution in [0, 0.1) is 5.82 Å². The molecular formula is C12H13FN4OS2. The summed E-state index contributed by atoms with van der Waals surface area (Å²) >= 11 is 2.91. The van der Waals surface area contributed by atoms with Gasteiger partial charge >= 0.3 is 0 Å². The molecular weight excluding hydrogens is 299 g/mol. The zero-order chi connectivity index (χ0) is 14.4. The number of aromatic nitrogens is 2. The zero-order valence-corrected chi connectivity index (χ0v) is 12.1. The van der Waals surface area contributed by atoms with E-state index >= 15 is 0 Å². The molecule has 0 aliphatic heterocycles. The third-order valence-corrected chi connectivity index (χ3v) is 4.29. The number of nitrogens with one attached hydrogen (secondary N) is 1. The molecule has 1 aromatic carbocycles. The molecule has 0 saturated heterocycles. The van der Waals surface area contributed by atoms with Crippen molar-refractivity contribution in [3.63, 3.8) is 0 Å². The predicted octanol–water partition coefficient (Wildman–Crippen LogP) is 2.77. The highest BCUT2D eigenvalue weighted by atomic mass is 32.2. The van der Waals surface area contributed by atoms with Crippen molar-refractivity contribution in [2.75, 3.05) is 16.8 Å². The molecule has 0 radical (unpaired) electrons. The number of hydrogen-bond acceptors (Lipinski definition) is 6. The van der Waals surface area contributed by atoms with Gasteiger partial charge in [0, 0.05) is 12.2 Å². The maximum Gasteiger partial charge on any atom is 0.224 e. The van der Waals surface area contributed by atoms with Crippen molar-refractivity contribution in [3.8, 4) is 0 Å². The Labute approximate surface area is 124 Å². The third-order valence-electron chi connectivity index (χ3n) is 2.40. The first-order valence-corrected chi connectivity index (χ1v) is 7.65. The number of carbonyl (C=O) groups is 1. The van der Waals surface area contributed by atoms with Crippen molar-refractivity contribution >= 4 is 40.6 Å². The van der Waals surface area contributed by atoms with Gasteiger partial charge in [-0.25, -0.2) is 9.37 Å². The first-order chi connectivity index (χ1) is 9.65. The van der Waals surface area contributed by atoms with Crippen molar-refractivity contribution in [1.29, 1.82) is 0 Å². The first-order valence-electron chi connectivity index (χ1n) is 5.89. The van der Waals surface area contributed by atoms with Crippen LogP contribution in [-0.2, 0) is 4.79 Å². The van der Waals surface area contributed by atoms with Crippen molar-refractivity contribution in [1.82, 2.24) is 9.36 Å². The number of anilines is 2.